The number of hydrogen-bond donors (Lipinski definition) is 0. The fourth-order valence-electron chi connectivity index (χ4n) is 2.62. The molecule has 1 saturated carbocycles. The van der Waals surface area contributed by atoms with Gasteiger partial charge >= 0.3 is 0 Å². The summed E-state index contributed by atoms with van der Waals surface area (Å²) in [6.07, 6.45) is 2.70. The molecule has 1 heterocycles. The van der Waals surface area contributed by atoms with Crippen LogP contribution in [0, 0.1) is 5.92 Å². The molecule has 5 heteroatoms. The van der Waals surface area contributed by atoms with Gasteiger partial charge in [-0.15, -0.1) is 0 Å². The first kappa shape index (κ1) is 13.3. The van der Waals surface area contributed by atoms with Crippen molar-refractivity contribution in [2.45, 2.75) is 44.4 Å². The zero-order chi connectivity index (χ0) is 12.6. The van der Waals surface area contributed by atoms with Crippen LogP contribution in [0.25, 0.3) is 0 Å². The van der Waals surface area contributed by atoms with Crippen molar-refractivity contribution in [3.05, 3.63) is 0 Å². The molecule has 1 unspecified atom stereocenters. The smallest absolute Gasteiger partial charge is 0.217 e. The van der Waals surface area contributed by atoms with Crippen LogP contribution in [0.15, 0.2) is 0 Å². The zero-order valence-corrected chi connectivity index (χ0v) is 11.9. The molecule has 100 valence electrons. The highest BCUT2D eigenvalue weighted by Gasteiger charge is 2.44. The van der Waals surface area contributed by atoms with Crippen LogP contribution in [0.3, 0.4) is 0 Å². The Bertz CT molecular complexity index is 361. The summed E-state index contributed by atoms with van der Waals surface area (Å²) in [7, 11) is -0.923. The van der Waals surface area contributed by atoms with Gasteiger partial charge in [0.2, 0.25) is 10.0 Å². The summed E-state index contributed by atoms with van der Waals surface area (Å²) in [5, 5.41) is -0.0689. The largest absolute Gasteiger partial charge is 0.303 e. The maximum Gasteiger partial charge on any atom is 0.217 e. The first-order chi connectivity index (χ1) is 7.91. The van der Waals surface area contributed by atoms with Crippen molar-refractivity contribution in [1.29, 1.82) is 0 Å². The molecule has 1 atom stereocenters. The maximum absolute atomic E-state index is 12.4. The average molecular weight is 260 g/mol. The van der Waals surface area contributed by atoms with Crippen molar-refractivity contribution < 1.29 is 8.42 Å². The minimum absolute atomic E-state index is 0.0689. The summed E-state index contributed by atoms with van der Waals surface area (Å²) in [5.41, 5.74) is 0. The van der Waals surface area contributed by atoms with Crippen molar-refractivity contribution in [1.82, 2.24) is 9.21 Å². The Morgan fingerprint density at radius 1 is 1.24 bits per heavy atom. The Balaban J connectivity index is 2.12. The molecule has 0 radical (unpaired) electrons. The van der Waals surface area contributed by atoms with Crippen LogP contribution in [-0.2, 0) is 10.0 Å². The fourth-order valence-corrected chi connectivity index (χ4v) is 4.64. The summed E-state index contributed by atoms with van der Waals surface area (Å²) in [5.74, 6) is 0.545. The van der Waals surface area contributed by atoms with Crippen LogP contribution >= 0.6 is 0 Å². The molecule has 0 spiro atoms. The summed E-state index contributed by atoms with van der Waals surface area (Å²) < 4.78 is 26.5. The second-order valence-electron chi connectivity index (χ2n) is 5.90. The van der Waals surface area contributed by atoms with E-state index in [4.69, 9.17) is 0 Å². The minimum Gasteiger partial charge on any atom is -0.303 e. The molecule has 0 aromatic carbocycles. The topological polar surface area (TPSA) is 40.6 Å². The Morgan fingerprint density at radius 3 is 2.41 bits per heavy atom. The molecular weight excluding hydrogens is 236 g/mol. The summed E-state index contributed by atoms with van der Waals surface area (Å²) >= 11 is 0. The van der Waals surface area contributed by atoms with Gasteiger partial charge in [-0.2, -0.15) is 4.31 Å². The maximum atomic E-state index is 12.4. The number of sulfonamides is 1. The molecule has 1 saturated heterocycles. The van der Waals surface area contributed by atoms with Crippen LogP contribution in [0.2, 0.25) is 0 Å². The van der Waals surface area contributed by atoms with Gasteiger partial charge in [0, 0.05) is 25.7 Å². The Morgan fingerprint density at radius 2 is 1.88 bits per heavy atom. The molecule has 0 N–H and O–H groups in total. The monoisotopic (exact) mass is 260 g/mol. The average Bonchev–Trinajstić information content (AvgIpc) is 2.98. The third kappa shape index (κ3) is 3.01. The third-order valence-electron chi connectivity index (χ3n) is 3.65. The van der Waals surface area contributed by atoms with Crippen molar-refractivity contribution in [2.24, 2.45) is 5.92 Å². The Kier molecular flexibility index (Phi) is 3.80. The van der Waals surface area contributed by atoms with Crippen LogP contribution in [0.5, 0.6) is 0 Å². The van der Waals surface area contributed by atoms with Gasteiger partial charge in [0.1, 0.15) is 0 Å². The van der Waals surface area contributed by atoms with E-state index in [0.717, 1.165) is 32.4 Å². The van der Waals surface area contributed by atoms with Gasteiger partial charge in [0.15, 0.2) is 0 Å². The highest BCUT2D eigenvalue weighted by molar-refractivity contribution is 7.90. The summed E-state index contributed by atoms with van der Waals surface area (Å²) in [6, 6.07) is 0.180. The lowest BCUT2D eigenvalue weighted by molar-refractivity contribution is 0.144. The van der Waals surface area contributed by atoms with E-state index < -0.39 is 10.0 Å². The van der Waals surface area contributed by atoms with Gasteiger partial charge in [-0.05, 0) is 32.2 Å². The molecule has 2 rings (SSSR count). The SMILES string of the molecule is CC(C)CC1CN(C)CCN1S(=O)(=O)C1CC1. The van der Waals surface area contributed by atoms with Crippen molar-refractivity contribution >= 4 is 10.0 Å². The van der Waals surface area contributed by atoms with Crippen molar-refractivity contribution in [3.8, 4) is 0 Å². The molecule has 2 fully saturated rings. The van der Waals surface area contributed by atoms with Crippen LogP contribution in [0.4, 0.5) is 0 Å². The highest BCUT2D eigenvalue weighted by atomic mass is 32.2. The van der Waals surface area contributed by atoms with Gasteiger partial charge in [-0.25, -0.2) is 8.42 Å². The molecule has 0 bridgehead atoms. The van der Waals surface area contributed by atoms with E-state index in [-0.39, 0.29) is 11.3 Å². The number of piperazine rings is 1. The fraction of sp³-hybridized carbons (Fsp3) is 1.00. The van der Waals surface area contributed by atoms with E-state index in [1.165, 1.54) is 0 Å². The molecule has 4 nitrogen and oxygen atoms in total. The molecule has 1 aliphatic heterocycles. The number of nitrogens with zero attached hydrogens (tertiary/aromatic N) is 2. The van der Waals surface area contributed by atoms with E-state index >= 15 is 0 Å². The number of hydrogen-bond acceptors (Lipinski definition) is 3. The van der Waals surface area contributed by atoms with E-state index in [0.29, 0.717) is 12.5 Å². The quantitative estimate of drug-likeness (QED) is 0.761. The molecular formula is C12H24N2O2S. The molecule has 0 aromatic heterocycles. The molecule has 17 heavy (non-hydrogen) atoms. The Labute approximate surface area is 105 Å². The normalized spacial score (nSPS) is 28.8. The molecule has 1 aliphatic carbocycles. The standard InChI is InChI=1S/C12H24N2O2S/c1-10(2)8-11-9-13(3)6-7-14(11)17(15,16)12-4-5-12/h10-12H,4-9H2,1-3H3. The van der Waals surface area contributed by atoms with Gasteiger partial charge < -0.3 is 4.90 Å². The minimum atomic E-state index is -3.00. The van der Waals surface area contributed by atoms with Gasteiger partial charge in [0.25, 0.3) is 0 Å². The van der Waals surface area contributed by atoms with Crippen LogP contribution in [0.1, 0.15) is 33.1 Å². The van der Waals surface area contributed by atoms with Crippen molar-refractivity contribution in [3.63, 3.8) is 0 Å². The lowest BCUT2D eigenvalue weighted by atomic mass is 10.0. The van der Waals surface area contributed by atoms with Crippen LogP contribution < -0.4 is 0 Å². The second kappa shape index (κ2) is 4.86. The van der Waals surface area contributed by atoms with Crippen molar-refractivity contribution in [2.75, 3.05) is 26.7 Å². The van der Waals surface area contributed by atoms with E-state index in [1.54, 1.807) is 4.31 Å². The predicted molar refractivity (Wildman–Crippen MR) is 69.4 cm³/mol. The number of likely N-dealkylation sites (N-methyl/N-ethyl adjacent to an activating group) is 1. The second-order valence-corrected chi connectivity index (χ2v) is 8.07. The molecule has 2 aliphatic rings. The summed E-state index contributed by atoms with van der Waals surface area (Å²) in [6.45, 7) is 6.74. The van der Waals surface area contributed by atoms with E-state index in [1.807, 2.05) is 0 Å². The highest BCUT2D eigenvalue weighted by Crippen LogP contribution is 2.33. The molecule has 0 aromatic rings. The lowest BCUT2D eigenvalue weighted by Crippen LogP contribution is -2.55. The number of rotatable bonds is 4. The van der Waals surface area contributed by atoms with Gasteiger partial charge in [-0.3, -0.25) is 0 Å². The van der Waals surface area contributed by atoms with Gasteiger partial charge in [-0.1, -0.05) is 13.8 Å². The predicted octanol–water partition coefficient (Wildman–Crippen LogP) is 1.14. The molecule has 0 amide bonds. The first-order valence-corrected chi connectivity index (χ1v) is 8.10. The summed E-state index contributed by atoms with van der Waals surface area (Å²) in [4.78, 5) is 2.24. The van der Waals surface area contributed by atoms with E-state index in [9.17, 15) is 8.42 Å². The zero-order valence-electron chi connectivity index (χ0n) is 11.1. The first-order valence-electron chi connectivity index (χ1n) is 6.60. The lowest BCUT2D eigenvalue weighted by Gasteiger charge is -2.40. The third-order valence-corrected chi connectivity index (χ3v) is 6.10. The van der Waals surface area contributed by atoms with Gasteiger partial charge in [0.05, 0.1) is 5.25 Å². The van der Waals surface area contributed by atoms with Crippen LogP contribution in [-0.4, -0.2) is 55.6 Å². The van der Waals surface area contributed by atoms with E-state index in [2.05, 4.69) is 25.8 Å². The Hall–Kier alpha value is -0.130.